The number of carbonyl (C=O) groups is 1. The van der Waals surface area contributed by atoms with Crippen molar-refractivity contribution in [3.63, 3.8) is 0 Å². The molecule has 4 N–H and O–H groups in total. The van der Waals surface area contributed by atoms with E-state index >= 15 is 0 Å². The molecule has 0 aliphatic rings. The van der Waals surface area contributed by atoms with E-state index in [4.69, 9.17) is 10.2 Å². The summed E-state index contributed by atoms with van der Waals surface area (Å²) in [6.45, 7) is 0. The second kappa shape index (κ2) is 3.98. The van der Waals surface area contributed by atoms with Crippen LogP contribution >= 0.6 is 0 Å². The van der Waals surface area contributed by atoms with Gasteiger partial charge in [-0.3, -0.25) is 9.78 Å². The normalized spacial score (nSPS) is 10.7. The van der Waals surface area contributed by atoms with Crippen molar-refractivity contribution in [1.29, 1.82) is 0 Å². The maximum atomic E-state index is 11.8. The molecular formula is C10H7N5O4. The fraction of sp³-hybridized carbons (Fsp3) is 0. The number of nitrogens with two attached hydrogens (primary N) is 1. The molecule has 0 radical (unpaired) electrons. The van der Waals surface area contributed by atoms with Gasteiger partial charge in [-0.15, -0.1) is 0 Å². The first-order valence-electron chi connectivity index (χ1n) is 5.16. The van der Waals surface area contributed by atoms with Crippen LogP contribution in [0, 0.1) is 0 Å². The van der Waals surface area contributed by atoms with Crippen molar-refractivity contribution < 1.29 is 13.8 Å². The summed E-state index contributed by atoms with van der Waals surface area (Å²) in [6, 6.07) is 4.66. The fourth-order valence-electron chi connectivity index (χ4n) is 1.57. The summed E-state index contributed by atoms with van der Waals surface area (Å²) < 4.78 is 9.17. The number of nitrogens with zero attached hydrogens (tertiary/aromatic N) is 2. The topological polar surface area (TPSA) is 140 Å². The quantitative estimate of drug-likeness (QED) is 0.604. The highest BCUT2D eigenvalue weighted by atomic mass is 16.6. The molecule has 0 bridgehead atoms. The average molecular weight is 261 g/mol. The van der Waals surface area contributed by atoms with Gasteiger partial charge in [0.25, 0.3) is 5.91 Å². The average Bonchev–Trinajstić information content (AvgIpc) is 2.93. The van der Waals surface area contributed by atoms with Gasteiger partial charge in [0.2, 0.25) is 11.5 Å². The minimum atomic E-state index is -0.566. The number of nitrogen functional groups attached to an aromatic ring is 1. The number of fused-ring (bicyclic) bond motifs is 1. The minimum absolute atomic E-state index is 0.102. The number of aromatic amines is 1. The Hall–Kier alpha value is -3.10. The molecule has 0 unspecified atom stereocenters. The monoisotopic (exact) mass is 261 g/mol. The number of carbonyl (C=O) groups excluding carboxylic acids is 1. The Bertz CT molecular complexity index is 815. The van der Waals surface area contributed by atoms with Gasteiger partial charge in [0.05, 0.1) is 5.52 Å². The highest BCUT2D eigenvalue weighted by Crippen LogP contribution is 2.17. The van der Waals surface area contributed by atoms with E-state index in [1.165, 1.54) is 0 Å². The molecule has 9 nitrogen and oxygen atoms in total. The van der Waals surface area contributed by atoms with Crippen molar-refractivity contribution in [1.82, 2.24) is 15.3 Å². The number of hydrogen-bond donors (Lipinski definition) is 3. The molecule has 0 atom stereocenters. The van der Waals surface area contributed by atoms with Gasteiger partial charge in [0.15, 0.2) is 5.58 Å². The summed E-state index contributed by atoms with van der Waals surface area (Å²) in [5.74, 6) is -1.23. The van der Waals surface area contributed by atoms with Crippen molar-refractivity contribution in [3.8, 4) is 0 Å². The lowest BCUT2D eigenvalue weighted by atomic mass is 10.2. The predicted molar refractivity (Wildman–Crippen MR) is 63.5 cm³/mol. The Morgan fingerprint density at radius 1 is 1.37 bits per heavy atom. The summed E-state index contributed by atoms with van der Waals surface area (Å²) >= 11 is 0. The number of rotatable bonds is 2. The molecule has 0 aliphatic carbocycles. The first kappa shape index (κ1) is 11.0. The van der Waals surface area contributed by atoms with Gasteiger partial charge in [-0.2, -0.15) is 0 Å². The van der Waals surface area contributed by atoms with Crippen molar-refractivity contribution in [3.05, 3.63) is 34.4 Å². The number of oxazole rings is 1. The van der Waals surface area contributed by atoms with Crippen LogP contribution in [-0.2, 0) is 0 Å². The standard InChI is InChI=1S/C10H7N5O4/c11-8-7(14-19-15-8)9(16)12-4-1-2-6-5(3-4)13-10(17)18-6/h1-3H,(H2,11,15)(H,12,16)(H,13,17). The molecule has 0 spiro atoms. The molecular weight excluding hydrogens is 254 g/mol. The van der Waals surface area contributed by atoms with Crippen LogP contribution < -0.4 is 16.8 Å². The first-order valence-corrected chi connectivity index (χ1v) is 5.16. The third-order valence-corrected chi connectivity index (χ3v) is 2.41. The molecule has 2 heterocycles. The molecule has 3 rings (SSSR count). The van der Waals surface area contributed by atoms with Crippen LogP contribution in [0.2, 0.25) is 0 Å². The highest BCUT2D eigenvalue weighted by Gasteiger charge is 2.16. The number of hydrogen-bond acceptors (Lipinski definition) is 7. The third kappa shape index (κ3) is 1.92. The molecule has 2 aromatic heterocycles. The number of aromatic nitrogens is 3. The molecule has 0 fully saturated rings. The smallest absolute Gasteiger partial charge is 0.408 e. The van der Waals surface area contributed by atoms with Gasteiger partial charge in [-0.1, -0.05) is 0 Å². The maximum absolute atomic E-state index is 11.8. The zero-order chi connectivity index (χ0) is 13.4. The van der Waals surface area contributed by atoms with Gasteiger partial charge >= 0.3 is 5.76 Å². The van der Waals surface area contributed by atoms with E-state index in [9.17, 15) is 9.59 Å². The van der Waals surface area contributed by atoms with Crippen LogP contribution in [0.3, 0.4) is 0 Å². The third-order valence-electron chi connectivity index (χ3n) is 2.41. The molecule has 96 valence electrons. The number of amides is 1. The molecule has 0 aliphatic heterocycles. The lowest BCUT2D eigenvalue weighted by molar-refractivity contribution is 0.101. The Labute approximate surface area is 104 Å². The van der Waals surface area contributed by atoms with Crippen LogP contribution in [-0.4, -0.2) is 21.2 Å². The molecule has 19 heavy (non-hydrogen) atoms. The number of nitrogens with one attached hydrogen (secondary N) is 2. The van der Waals surface area contributed by atoms with E-state index < -0.39 is 11.7 Å². The molecule has 0 saturated carbocycles. The second-order valence-corrected chi connectivity index (χ2v) is 3.68. The molecule has 1 amide bonds. The van der Waals surface area contributed by atoms with E-state index in [0.717, 1.165) is 0 Å². The Morgan fingerprint density at radius 2 is 2.21 bits per heavy atom. The second-order valence-electron chi connectivity index (χ2n) is 3.68. The Balaban J connectivity index is 1.91. The van der Waals surface area contributed by atoms with Crippen LogP contribution in [0.1, 0.15) is 10.5 Å². The van der Waals surface area contributed by atoms with E-state index in [1.54, 1.807) is 18.2 Å². The van der Waals surface area contributed by atoms with Crippen molar-refractivity contribution in [2.75, 3.05) is 11.1 Å². The van der Waals surface area contributed by atoms with Crippen molar-refractivity contribution >= 4 is 28.5 Å². The lowest BCUT2D eigenvalue weighted by Gasteiger charge is -2.02. The number of benzene rings is 1. The van der Waals surface area contributed by atoms with Crippen molar-refractivity contribution in [2.45, 2.75) is 0 Å². The summed E-state index contributed by atoms with van der Waals surface area (Å²) in [7, 11) is 0. The zero-order valence-corrected chi connectivity index (χ0v) is 9.34. The van der Waals surface area contributed by atoms with Gasteiger partial charge in [0, 0.05) is 5.69 Å². The minimum Gasteiger partial charge on any atom is -0.408 e. The Kier molecular flexibility index (Phi) is 2.31. The molecule has 0 saturated heterocycles. The summed E-state index contributed by atoms with van der Waals surface area (Å²) in [5, 5.41) is 9.22. The predicted octanol–water partition coefficient (Wildman–Crippen LogP) is 0.339. The summed E-state index contributed by atoms with van der Waals surface area (Å²) in [5.41, 5.74) is 6.59. The number of H-pyrrole nitrogens is 1. The molecule has 9 heteroatoms. The zero-order valence-electron chi connectivity index (χ0n) is 9.34. The summed E-state index contributed by atoms with van der Waals surface area (Å²) in [6.07, 6.45) is 0. The van der Waals surface area contributed by atoms with Gasteiger partial charge in [0.1, 0.15) is 0 Å². The van der Waals surface area contributed by atoms with Crippen LogP contribution in [0.4, 0.5) is 11.5 Å². The summed E-state index contributed by atoms with van der Waals surface area (Å²) in [4.78, 5) is 25.3. The lowest BCUT2D eigenvalue weighted by Crippen LogP contribution is -2.14. The fourth-order valence-corrected chi connectivity index (χ4v) is 1.57. The Morgan fingerprint density at radius 3 is 2.95 bits per heavy atom. The van der Waals surface area contributed by atoms with E-state index in [0.29, 0.717) is 16.8 Å². The van der Waals surface area contributed by atoms with Crippen LogP contribution in [0.15, 0.2) is 32.0 Å². The first-order chi connectivity index (χ1) is 9.13. The number of anilines is 2. The maximum Gasteiger partial charge on any atom is 0.417 e. The van der Waals surface area contributed by atoms with Gasteiger partial charge in [-0.25, -0.2) is 9.42 Å². The largest absolute Gasteiger partial charge is 0.417 e. The van der Waals surface area contributed by atoms with Gasteiger partial charge in [-0.05, 0) is 28.5 Å². The molecule has 1 aromatic carbocycles. The van der Waals surface area contributed by atoms with Gasteiger partial charge < -0.3 is 15.5 Å². The SMILES string of the molecule is Nc1nonc1C(=O)Nc1ccc2oc(=O)[nH]c2c1. The van der Waals surface area contributed by atoms with E-state index in [-0.39, 0.29) is 11.5 Å². The van der Waals surface area contributed by atoms with Crippen LogP contribution in [0.5, 0.6) is 0 Å². The molecule has 3 aromatic rings. The van der Waals surface area contributed by atoms with Crippen LogP contribution in [0.25, 0.3) is 11.1 Å². The van der Waals surface area contributed by atoms with Crippen molar-refractivity contribution in [2.24, 2.45) is 0 Å². The van der Waals surface area contributed by atoms with E-state index in [2.05, 4.69) is 25.2 Å². The highest BCUT2D eigenvalue weighted by molar-refractivity contribution is 6.06. The van der Waals surface area contributed by atoms with E-state index in [1.807, 2.05) is 0 Å².